The van der Waals surface area contributed by atoms with Gasteiger partial charge < -0.3 is 19.5 Å². The third-order valence-electron chi connectivity index (χ3n) is 5.19. The summed E-state index contributed by atoms with van der Waals surface area (Å²) in [5, 5.41) is 3.66. The van der Waals surface area contributed by atoms with Gasteiger partial charge in [-0.15, -0.1) is 0 Å². The molecule has 1 N–H and O–H groups in total. The summed E-state index contributed by atoms with van der Waals surface area (Å²) in [6.07, 6.45) is 0. The first-order valence-corrected chi connectivity index (χ1v) is 10.0. The molecule has 0 bridgehead atoms. The van der Waals surface area contributed by atoms with Crippen LogP contribution in [-0.4, -0.2) is 29.1 Å². The van der Waals surface area contributed by atoms with Crippen LogP contribution in [0.5, 0.6) is 5.75 Å². The lowest BCUT2D eigenvalue weighted by molar-refractivity contribution is -0.123. The van der Waals surface area contributed by atoms with E-state index in [1.807, 2.05) is 57.2 Å². The molecule has 0 aliphatic carbocycles. The molecular weight excluding hydrogens is 388 g/mol. The van der Waals surface area contributed by atoms with Crippen LogP contribution < -0.4 is 15.0 Å². The van der Waals surface area contributed by atoms with Crippen LogP contribution in [0.4, 0.5) is 11.4 Å². The van der Waals surface area contributed by atoms with Crippen LogP contribution in [0.15, 0.2) is 36.4 Å². The second kappa shape index (κ2) is 7.26. The highest BCUT2D eigenvalue weighted by Crippen LogP contribution is 2.33. The number of nitrogens with one attached hydrogen (secondary N) is 1. The van der Waals surface area contributed by atoms with E-state index >= 15 is 0 Å². The standard InChI is InChI=1S/C22H25ClN4O2/c1-22(2,3)21(28)25-16-7-6-15(12-19(16)29-4)26-9-10-27-18-8-5-14(23)11-17(18)24-20(27)13-26/h5-8,11-12H,9-10,13H2,1-4H3,(H,25,28). The Hall–Kier alpha value is -2.73. The van der Waals surface area contributed by atoms with E-state index in [1.54, 1.807) is 7.11 Å². The van der Waals surface area contributed by atoms with Gasteiger partial charge in [0, 0.05) is 35.3 Å². The lowest BCUT2D eigenvalue weighted by Gasteiger charge is -2.30. The van der Waals surface area contributed by atoms with Crippen LogP contribution in [0.1, 0.15) is 26.6 Å². The number of carbonyl (C=O) groups excluding carboxylic acids is 1. The van der Waals surface area contributed by atoms with Crippen LogP contribution >= 0.6 is 11.6 Å². The molecule has 3 aromatic rings. The predicted octanol–water partition coefficient (Wildman–Crippen LogP) is 4.70. The summed E-state index contributed by atoms with van der Waals surface area (Å²) in [7, 11) is 1.62. The summed E-state index contributed by atoms with van der Waals surface area (Å²) in [5.41, 5.74) is 3.27. The molecule has 29 heavy (non-hydrogen) atoms. The number of benzene rings is 2. The number of methoxy groups -OCH3 is 1. The fourth-order valence-electron chi connectivity index (χ4n) is 3.50. The summed E-state index contributed by atoms with van der Waals surface area (Å²) < 4.78 is 7.79. The van der Waals surface area contributed by atoms with Gasteiger partial charge in [-0.25, -0.2) is 4.98 Å². The number of rotatable bonds is 3. The Morgan fingerprint density at radius 2 is 1.97 bits per heavy atom. The minimum absolute atomic E-state index is 0.0473. The number of hydrogen-bond donors (Lipinski definition) is 1. The highest BCUT2D eigenvalue weighted by Gasteiger charge is 2.24. The molecule has 2 heterocycles. The van der Waals surface area contributed by atoms with E-state index in [-0.39, 0.29) is 5.91 Å². The molecule has 4 rings (SSSR count). The van der Waals surface area contributed by atoms with Crippen LogP contribution in [0.2, 0.25) is 5.02 Å². The molecule has 0 atom stereocenters. The molecule has 0 saturated carbocycles. The third-order valence-corrected chi connectivity index (χ3v) is 5.43. The number of amides is 1. The van der Waals surface area contributed by atoms with E-state index in [9.17, 15) is 4.79 Å². The Morgan fingerprint density at radius 1 is 1.17 bits per heavy atom. The van der Waals surface area contributed by atoms with Gasteiger partial charge in [0.25, 0.3) is 0 Å². The van der Waals surface area contributed by atoms with Crippen LogP contribution in [0, 0.1) is 5.41 Å². The maximum absolute atomic E-state index is 12.3. The normalized spacial score (nSPS) is 14.0. The second-order valence-electron chi connectivity index (χ2n) is 8.32. The molecule has 1 aliphatic rings. The van der Waals surface area contributed by atoms with Crippen molar-refractivity contribution < 1.29 is 9.53 Å². The van der Waals surface area contributed by atoms with Crippen molar-refractivity contribution in [3.8, 4) is 5.75 Å². The summed E-state index contributed by atoms with van der Waals surface area (Å²) in [6, 6.07) is 11.7. The van der Waals surface area contributed by atoms with Crippen molar-refractivity contribution >= 4 is 39.9 Å². The number of aromatic nitrogens is 2. The van der Waals surface area contributed by atoms with Crippen LogP contribution in [0.3, 0.4) is 0 Å². The predicted molar refractivity (Wildman–Crippen MR) is 117 cm³/mol. The zero-order valence-electron chi connectivity index (χ0n) is 17.1. The fourth-order valence-corrected chi connectivity index (χ4v) is 3.67. The first-order chi connectivity index (χ1) is 13.8. The molecule has 0 radical (unpaired) electrons. The number of hydrogen-bond acceptors (Lipinski definition) is 4. The van der Waals surface area contributed by atoms with Gasteiger partial charge in [-0.3, -0.25) is 4.79 Å². The molecule has 152 valence electrons. The van der Waals surface area contributed by atoms with Crippen LogP contribution in [0.25, 0.3) is 11.0 Å². The van der Waals surface area contributed by atoms with Crippen molar-refractivity contribution in [1.29, 1.82) is 0 Å². The Bertz CT molecular complexity index is 1080. The summed E-state index contributed by atoms with van der Waals surface area (Å²) in [6.45, 7) is 8.06. The van der Waals surface area contributed by atoms with E-state index < -0.39 is 5.41 Å². The Morgan fingerprint density at radius 3 is 2.69 bits per heavy atom. The molecule has 0 saturated heterocycles. The summed E-state index contributed by atoms with van der Waals surface area (Å²) >= 11 is 6.12. The fraction of sp³-hybridized carbons (Fsp3) is 0.364. The van der Waals surface area contributed by atoms with Gasteiger partial charge in [0.2, 0.25) is 5.91 Å². The first kappa shape index (κ1) is 19.6. The lowest BCUT2D eigenvalue weighted by Crippen LogP contribution is -2.33. The molecule has 0 fully saturated rings. The van der Waals surface area contributed by atoms with Crippen molar-refractivity contribution in [2.75, 3.05) is 23.9 Å². The molecule has 1 aromatic heterocycles. The van der Waals surface area contributed by atoms with Crippen molar-refractivity contribution in [2.45, 2.75) is 33.9 Å². The Balaban J connectivity index is 1.59. The van der Waals surface area contributed by atoms with Gasteiger partial charge in [0.1, 0.15) is 11.6 Å². The zero-order valence-corrected chi connectivity index (χ0v) is 17.9. The third kappa shape index (κ3) is 3.77. The maximum atomic E-state index is 12.3. The Kier molecular flexibility index (Phi) is 4.90. The SMILES string of the molecule is COc1cc(N2CCn3c(nc4cc(Cl)ccc43)C2)ccc1NC(=O)C(C)(C)C. The highest BCUT2D eigenvalue weighted by molar-refractivity contribution is 6.31. The van der Waals surface area contributed by atoms with Crippen molar-refractivity contribution in [1.82, 2.24) is 9.55 Å². The molecular formula is C22H25ClN4O2. The molecule has 6 nitrogen and oxygen atoms in total. The summed E-state index contributed by atoms with van der Waals surface area (Å²) in [5.74, 6) is 1.61. The second-order valence-corrected chi connectivity index (χ2v) is 8.76. The van der Waals surface area contributed by atoms with E-state index in [0.29, 0.717) is 23.0 Å². The van der Waals surface area contributed by atoms with E-state index in [4.69, 9.17) is 21.3 Å². The number of ether oxygens (including phenoxy) is 1. The van der Waals surface area contributed by atoms with Crippen molar-refractivity contribution in [3.63, 3.8) is 0 Å². The quantitative estimate of drug-likeness (QED) is 0.677. The Labute approximate surface area is 175 Å². The van der Waals surface area contributed by atoms with Crippen molar-refractivity contribution in [2.24, 2.45) is 5.41 Å². The molecule has 0 unspecified atom stereocenters. The lowest BCUT2D eigenvalue weighted by atomic mass is 9.95. The minimum atomic E-state index is -0.474. The first-order valence-electron chi connectivity index (χ1n) is 9.65. The molecule has 7 heteroatoms. The van der Waals surface area contributed by atoms with Gasteiger partial charge >= 0.3 is 0 Å². The molecule has 2 aromatic carbocycles. The van der Waals surface area contributed by atoms with E-state index in [2.05, 4.69) is 14.8 Å². The smallest absolute Gasteiger partial charge is 0.229 e. The minimum Gasteiger partial charge on any atom is -0.494 e. The topological polar surface area (TPSA) is 59.4 Å². The largest absolute Gasteiger partial charge is 0.494 e. The van der Waals surface area contributed by atoms with Gasteiger partial charge in [-0.05, 0) is 30.3 Å². The molecule has 1 aliphatic heterocycles. The van der Waals surface area contributed by atoms with Crippen molar-refractivity contribution in [3.05, 3.63) is 47.2 Å². The average Bonchev–Trinajstić information content (AvgIpc) is 3.03. The number of imidazole rings is 1. The van der Waals surface area contributed by atoms with E-state index in [0.717, 1.165) is 35.6 Å². The van der Waals surface area contributed by atoms with Gasteiger partial charge in [0.05, 0.1) is 30.4 Å². The molecule has 1 amide bonds. The zero-order chi connectivity index (χ0) is 20.8. The number of carbonyl (C=O) groups is 1. The monoisotopic (exact) mass is 412 g/mol. The van der Waals surface area contributed by atoms with Gasteiger partial charge in [0.15, 0.2) is 0 Å². The average molecular weight is 413 g/mol. The number of fused-ring (bicyclic) bond motifs is 3. The van der Waals surface area contributed by atoms with E-state index in [1.165, 1.54) is 0 Å². The van der Waals surface area contributed by atoms with Crippen LogP contribution in [-0.2, 0) is 17.9 Å². The van der Waals surface area contributed by atoms with Gasteiger partial charge in [-0.1, -0.05) is 32.4 Å². The summed E-state index contributed by atoms with van der Waals surface area (Å²) in [4.78, 5) is 19.4. The molecule has 0 spiro atoms. The highest BCUT2D eigenvalue weighted by atomic mass is 35.5. The van der Waals surface area contributed by atoms with Gasteiger partial charge in [-0.2, -0.15) is 0 Å². The number of halogens is 1. The maximum Gasteiger partial charge on any atom is 0.229 e. The number of nitrogens with zero attached hydrogens (tertiary/aromatic N) is 3. The number of anilines is 2.